The van der Waals surface area contributed by atoms with Crippen molar-refractivity contribution in [3.8, 4) is 11.5 Å². The largest absolute Gasteiger partial charge is 0.497 e. The average molecular weight is 292 g/mol. The van der Waals surface area contributed by atoms with Crippen LogP contribution in [0.3, 0.4) is 0 Å². The van der Waals surface area contributed by atoms with E-state index in [0.717, 1.165) is 31.5 Å². The molecule has 1 saturated heterocycles. The van der Waals surface area contributed by atoms with Crippen molar-refractivity contribution in [2.24, 2.45) is 5.73 Å². The molecule has 5 nitrogen and oxygen atoms in total. The molecule has 1 unspecified atom stereocenters. The second-order valence-corrected chi connectivity index (χ2v) is 5.48. The maximum absolute atomic E-state index is 12.3. The molecular weight excluding hydrogens is 268 g/mol. The second-order valence-electron chi connectivity index (χ2n) is 5.48. The summed E-state index contributed by atoms with van der Waals surface area (Å²) in [4.78, 5) is 14.2. The summed E-state index contributed by atoms with van der Waals surface area (Å²) < 4.78 is 11.1. The van der Waals surface area contributed by atoms with Crippen LogP contribution in [0.15, 0.2) is 18.2 Å². The third kappa shape index (κ3) is 3.67. The quantitative estimate of drug-likeness (QED) is 0.902. The van der Waals surface area contributed by atoms with Crippen LogP contribution in [0.1, 0.15) is 38.3 Å². The third-order valence-corrected chi connectivity index (χ3v) is 3.78. The Morgan fingerprint density at radius 3 is 2.52 bits per heavy atom. The first kappa shape index (κ1) is 15.6. The standard InChI is InChI=1S/C16H24N2O3/c1-11(17)14-7-6-13(20-3)10-15(14)21-12(2)16(19)18-8-4-5-9-18/h6-7,10-12H,4-5,8-9,17H2,1-3H3/t11-,12?/m1/s1. The molecule has 1 aromatic rings. The first-order valence-corrected chi connectivity index (χ1v) is 7.42. The topological polar surface area (TPSA) is 64.8 Å². The fraction of sp³-hybridized carbons (Fsp3) is 0.562. The van der Waals surface area contributed by atoms with Crippen molar-refractivity contribution >= 4 is 5.91 Å². The van der Waals surface area contributed by atoms with E-state index in [1.54, 1.807) is 20.1 Å². The molecule has 0 spiro atoms. The van der Waals surface area contributed by atoms with Gasteiger partial charge >= 0.3 is 0 Å². The molecule has 1 aliphatic rings. The third-order valence-electron chi connectivity index (χ3n) is 3.78. The predicted octanol–water partition coefficient (Wildman–Crippen LogP) is 2.10. The summed E-state index contributed by atoms with van der Waals surface area (Å²) in [6, 6.07) is 5.34. The molecule has 1 amide bonds. The lowest BCUT2D eigenvalue weighted by Gasteiger charge is -2.23. The Morgan fingerprint density at radius 1 is 1.29 bits per heavy atom. The fourth-order valence-corrected chi connectivity index (χ4v) is 2.56. The summed E-state index contributed by atoms with van der Waals surface area (Å²) >= 11 is 0. The van der Waals surface area contributed by atoms with Crippen molar-refractivity contribution in [1.82, 2.24) is 4.90 Å². The number of nitrogens with zero attached hydrogens (tertiary/aromatic N) is 1. The van der Waals surface area contributed by atoms with Gasteiger partial charge in [-0.3, -0.25) is 4.79 Å². The number of ether oxygens (including phenoxy) is 2. The Bertz CT molecular complexity index is 496. The number of benzene rings is 1. The van der Waals surface area contributed by atoms with Crippen molar-refractivity contribution < 1.29 is 14.3 Å². The van der Waals surface area contributed by atoms with Crippen LogP contribution >= 0.6 is 0 Å². The van der Waals surface area contributed by atoms with E-state index < -0.39 is 6.10 Å². The summed E-state index contributed by atoms with van der Waals surface area (Å²) in [7, 11) is 1.60. The van der Waals surface area contributed by atoms with E-state index in [2.05, 4.69) is 0 Å². The monoisotopic (exact) mass is 292 g/mol. The minimum Gasteiger partial charge on any atom is -0.497 e. The molecule has 2 rings (SSSR count). The van der Waals surface area contributed by atoms with Crippen LogP contribution in [0.2, 0.25) is 0 Å². The molecule has 1 heterocycles. The van der Waals surface area contributed by atoms with Gasteiger partial charge in [-0.05, 0) is 32.8 Å². The van der Waals surface area contributed by atoms with Crippen LogP contribution in [0.25, 0.3) is 0 Å². The number of rotatable bonds is 5. The lowest BCUT2D eigenvalue weighted by molar-refractivity contribution is -0.136. The van der Waals surface area contributed by atoms with Gasteiger partial charge in [-0.1, -0.05) is 6.07 Å². The van der Waals surface area contributed by atoms with Gasteiger partial charge in [0.25, 0.3) is 5.91 Å². The first-order chi connectivity index (χ1) is 10.0. The van der Waals surface area contributed by atoms with Gasteiger partial charge in [0, 0.05) is 30.8 Å². The molecule has 5 heteroatoms. The van der Waals surface area contributed by atoms with Crippen molar-refractivity contribution in [1.29, 1.82) is 0 Å². The van der Waals surface area contributed by atoms with Gasteiger partial charge in [-0.15, -0.1) is 0 Å². The summed E-state index contributed by atoms with van der Waals surface area (Å²) in [5, 5.41) is 0. The number of carbonyl (C=O) groups excluding carboxylic acids is 1. The number of likely N-dealkylation sites (tertiary alicyclic amines) is 1. The molecule has 1 aromatic carbocycles. The number of amides is 1. The highest BCUT2D eigenvalue weighted by Gasteiger charge is 2.25. The molecule has 0 bridgehead atoms. The van der Waals surface area contributed by atoms with Gasteiger partial charge in [0.05, 0.1) is 7.11 Å². The van der Waals surface area contributed by atoms with Crippen LogP contribution < -0.4 is 15.2 Å². The van der Waals surface area contributed by atoms with E-state index >= 15 is 0 Å². The van der Waals surface area contributed by atoms with E-state index in [1.807, 2.05) is 24.0 Å². The van der Waals surface area contributed by atoms with Gasteiger partial charge in [0.1, 0.15) is 11.5 Å². The van der Waals surface area contributed by atoms with Crippen LogP contribution in [0, 0.1) is 0 Å². The summed E-state index contributed by atoms with van der Waals surface area (Å²) in [6.45, 7) is 5.32. The normalized spacial score (nSPS) is 17.4. The maximum Gasteiger partial charge on any atom is 0.263 e. The van der Waals surface area contributed by atoms with Gasteiger partial charge in [-0.2, -0.15) is 0 Å². The minimum absolute atomic E-state index is 0.0333. The molecular formula is C16H24N2O3. The zero-order valence-corrected chi connectivity index (χ0v) is 13.0. The first-order valence-electron chi connectivity index (χ1n) is 7.42. The summed E-state index contributed by atoms with van der Waals surface area (Å²) in [6.07, 6.45) is 1.62. The zero-order chi connectivity index (χ0) is 15.4. The maximum atomic E-state index is 12.3. The molecule has 1 fully saturated rings. The molecule has 0 aliphatic carbocycles. The smallest absolute Gasteiger partial charge is 0.263 e. The Labute approximate surface area is 126 Å². The van der Waals surface area contributed by atoms with Crippen LogP contribution in [-0.4, -0.2) is 37.1 Å². The molecule has 2 atom stereocenters. The SMILES string of the molecule is COc1ccc([C@@H](C)N)c(OC(C)C(=O)N2CCCC2)c1. The highest BCUT2D eigenvalue weighted by molar-refractivity contribution is 5.81. The Hall–Kier alpha value is -1.75. The van der Waals surface area contributed by atoms with Crippen molar-refractivity contribution in [2.75, 3.05) is 20.2 Å². The molecule has 0 saturated carbocycles. The van der Waals surface area contributed by atoms with E-state index in [1.165, 1.54) is 0 Å². The molecule has 21 heavy (non-hydrogen) atoms. The number of hydrogen-bond acceptors (Lipinski definition) is 4. The van der Waals surface area contributed by atoms with Crippen molar-refractivity contribution in [3.63, 3.8) is 0 Å². The van der Waals surface area contributed by atoms with Crippen LogP contribution in [0.4, 0.5) is 0 Å². The lowest BCUT2D eigenvalue weighted by Crippen LogP contribution is -2.38. The van der Waals surface area contributed by atoms with E-state index in [9.17, 15) is 4.79 Å². The Balaban J connectivity index is 2.14. The molecule has 1 aliphatic heterocycles. The number of methoxy groups -OCH3 is 1. The van der Waals surface area contributed by atoms with Gasteiger partial charge in [0.15, 0.2) is 6.10 Å². The number of hydrogen-bond donors (Lipinski definition) is 1. The second kappa shape index (κ2) is 6.80. The number of nitrogens with two attached hydrogens (primary N) is 1. The van der Waals surface area contributed by atoms with Gasteiger partial charge < -0.3 is 20.1 Å². The molecule has 0 aromatic heterocycles. The predicted molar refractivity (Wildman–Crippen MR) is 81.5 cm³/mol. The minimum atomic E-state index is -0.521. The van der Waals surface area contributed by atoms with Crippen molar-refractivity contribution in [2.45, 2.75) is 38.8 Å². The summed E-state index contributed by atoms with van der Waals surface area (Å²) in [5.41, 5.74) is 6.84. The highest BCUT2D eigenvalue weighted by atomic mass is 16.5. The Morgan fingerprint density at radius 2 is 1.95 bits per heavy atom. The van der Waals surface area contributed by atoms with Crippen LogP contribution in [0.5, 0.6) is 11.5 Å². The summed E-state index contributed by atoms with van der Waals surface area (Å²) in [5.74, 6) is 1.34. The van der Waals surface area contributed by atoms with Crippen molar-refractivity contribution in [3.05, 3.63) is 23.8 Å². The van der Waals surface area contributed by atoms with E-state index in [0.29, 0.717) is 11.5 Å². The van der Waals surface area contributed by atoms with E-state index in [4.69, 9.17) is 15.2 Å². The zero-order valence-electron chi connectivity index (χ0n) is 13.0. The van der Waals surface area contributed by atoms with Gasteiger partial charge in [-0.25, -0.2) is 0 Å². The lowest BCUT2D eigenvalue weighted by atomic mass is 10.1. The molecule has 2 N–H and O–H groups in total. The van der Waals surface area contributed by atoms with Crippen LogP contribution in [-0.2, 0) is 4.79 Å². The molecule has 0 radical (unpaired) electrons. The fourth-order valence-electron chi connectivity index (χ4n) is 2.56. The molecule has 116 valence electrons. The average Bonchev–Trinajstić information content (AvgIpc) is 3.00. The Kier molecular flexibility index (Phi) is 5.07. The highest BCUT2D eigenvalue weighted by Crippen LogP contribution is 2.29. The van der Waals surface area contributed by atoms with Gasteiger partial charge in [0.2, 0.25) is 0 Å². The van der Waals surface area contributed by atoms with E-state index in [-0.39, 0.29) is 11.9 Å². The number of carbonyl (C=O) groups is 1.